The molecule has 0 fully saturated rings. The number of hydrogen-bond donors (Lipinski definition) is 1. The average molecular weight is 250 g/mol. The summed E-state index contributed by atoms with van der Waals surface area (Å²) in [6.07, 6.45) is 0.896. The Morgan fingerprint density at radius 3 is 2.18 bits per heavy atom. The molecule has 60 valence electrons. The molecule has 1 aromatic carbocycles. The predicted octanol–water partition coefficient (Wildman–Crippen LogP) is 2.37. The van der Waals surface area contributed by atoms with Gasteiger partial charge >= 0.3 is 0 Å². The second-order valence-corrected chi connectivity index (χ2v) is 1.98. The number of halogens is 1. The molecule has 1 nitrogen and oxygen atoms in total. The van der Waals surface area contributed by atoms with E-state index in [1.54, 1.807) is 6.07 Å². The standard InChI is InChI=1S/C8H10O.ClH.Zr/c1-2-7-5-3-4-6-8(7)9;;/h3-6,9H,2H2,1H3;1H;. The van der Waals surface area contributed by atoms with Gasteiger partial charge in [-0.25, -0.2) is 0 Å². The molecule has 11 heavy (non-hydrogen) atoms. The third-order valence-corrected chi connectivity index (χ3v) is 1.37. The van der Waals surface area contributed by atoms with Gasteiger partial charge in [0.05, 0.1) is 0 Å². The molecule has 0 radical (unpaired) electrons. The van der Waals surface area contributed by atoms with Crippen LogP contribution in [0.1, 0.15) is 12.5 Å². The fourth-order valence-corrected chi connectivity index (χ4v) is 0.810. The Morgan fingerprint density at radius 2 is 1.82 bits per heavy atom. The van der Waals surface area contributed by atoms with Crippen molar-refractivity contribution in [1.82, 2.24) is 0 Å². The first-order chi connectivity index (χ1) is 4.34. The van der Waals surface area contributed by atoms with E-state index in [9.17, 15) is 0 Å². The summed E-state index contributed by atoms with van der Waals surface area (Å²) in [5, 5.41) is 9.11. The first kappa shape index (κ1) is 13.8. The number of phenolic OH excluding ortho intramolecular Hbond substituents is 1. The van der Waals surface area contributed by atoms with Crippen LogP contribution in [-0.4, -0.2) is 5.11 Å². The summed E-state index contributed by atoms with van der Waals surface area (Å²) >= 11 is 0. The Hall–Kier alpha value is 0.193. The van der Waals surface area contributed by atoms with Gasteiger partial charge in [0.1, 0.15) is 5.75 Å². The molecule has 0 aliphatic carbocycles. The molecule has 0 aromatic heterocycles. The van der Waals surface area contributed by atoms with Crippen molar-refractivity contribution in [2.75, 3.05) is 0 Å². The SMILES string of the molecule is CCc1ccccc1O.Cl.[Zr]. The normalized spacial score (nSPS) is 7.73. The van der Waals surface area contributed by atoms with Crippen molar-refractivity contribution in [3.05, 3.63) is 29.8 Å². The molecule has 0 spiro atoms. The van der Waals surface area contributed by atoms with E-state index in [2.05, 4.69) is 0 Å². The van der Waals surface area contributed by atoms with Gasteiger partial charge in [0.25, 0.3) is 0 Å². The van der Waals surface area contributed by atoms with Crippen LogP contribution in [0.3, 0.4) is 0 Å². The van der Waals surface area contributed by atoms with Crippen molar-refractivity contribution in [3.63, 3.8) is 0 Å². The molecule has 3 heteroatoms. The number of aryl methyl sites for hydroxylation is 1. The van der Waals surface area contributed by atoms with E-state index in [0.717, 1.165) is 12.0 Å². The van der Waals surface area contributed by atoms with Crippen molar-refractivity contribution in [2.45, 2.75) is 13.3 Å². The average Bonchev–Trinajstić information content (AvgIpc) is 1.89. The number of benzene rings is 1. The fourth-order valence-electron chi connectivity index (χ4n) is 0.810. The van der Waals surface area contributed by atoms with Crippen LogP contribution >= 0.6 is 12.4 Å². The van der Waals surface area contributed by atoms with Gasteiger partial charge in [0, 0.05) is 26.2 Å². The topological polar surface area (TPSA) is 20.2 Å². The zero-order chi connectivity index (χ0) is 6.69. The van der Waals surface area contributed by atoms with E-state index in [1.807, 2.05) is 25.1 Å². The number of phenols is 1. The van der Waals surface area contributed by atoms with E-state index in [1.165, 1.54) is 0 Å². The van der Waals surface area contributed by atoms with Crippen LogP contribution in [0.5, 0.6) is 5.75 Å². The quantitative estimate of drug-likeness (QED) is 0.811. The molecule has 1 aromatic rings. The van der Waals surface area contributed by atoms with E-state index in [4.69, 9.17) is 5.11 Å². The molecule has 0 aliphatic rings. The smallest absolute Gasteiger partial charge is 0.118 e. The number of rotatable bonds is 1. The Bertz CT molecular complexity index is 203. The minimum absolute atomic E-state index is 0. The number of aromatic hydroxyl groups is 1. The minimum Gasteiger partial charge on any atom is -0.508 e. The molecule has 0 aliphatic heterocycles. The van der Waals surface area contributed by atoms with E-state index >= 15 is 0 Å². The van der Waals surface area contributed by atoms with Crippen LogP contribution in [0, 0.1) is 0 Å². The van der Waals surface area contributed by atoms with E-state index in [-0.39, 0.29) is 38.6 Å². The zero-order valence-corrected chi connectivity index (χ0v) is 9.65. The Balaban J connectivity index is 0. The second kappa shape index (κ2) is 6.88. The van der Waals surface area contributed by atoms with Gasteiger partial charge in [0.15, 0.2) is 0 Å². The van der Waals surface area contributed by atoms with Crippen molar-refractivity contribution in [1.29, 1.82) is 0 Å². The molecule has 0 amide bonds. The summed E-state index contributed by atoms with van der Waals surface area (Å²) in [4.78, 5) is 0. The summed E-state index contributed by atoms with van der Waals surface area (Å²) in [5.74, 6) is 0.403. The zero-order valence-electron chi connectivity index (χ0n) is 6.37. The molecule has 0 unspecified atom stereocenters. The van der Waals surface area contributed by atoms with Crippen molar-refractivity contribution in [3.8, 4) is 5.75 Å². The van der Waals surface area contributed by atoms with Crippen molar-refractivity contribution < 1.29 is 31.3 Å². The maximum absolute atomic E-state index is 9.11. The monoisotopic (exact) mass is 248 g/mol. The van der Waals surface area contributed by atoms with Gasteiger partial charge in [-0.05, 0) is 18.1 Å². The Morgan fingerprint density at radius 1 is 1.27 bits per heavy atom. The first-order valence-electron chi connectivity index (χ1n) is 3.11. The summed E-state index contributed by atoms with van der Waals surface area (Å²) in [5.41, 5.74) is 1.01. The summed E-state index contributed by atoms with van der Waals surface area (Å²) in [7, 11) is 0. The van der Waals surface area contributed by atoms with Gasteiger partial charge in [0.2, 0.25) is 0 Å². The van der Waals surface area contributed by atoms with Crippen molar-refractivity contribution in [2.24, 2.45) is 0 Å². The molecule has 0 saturated carbocycles. The van der Waals surface area contributed by atoms with Crippen molar-refractivity contribution >= 4 is 12.4 Å². The summed E-state index contributed by atoms with van der Waals surface area (Å²) in [6, 6.07) is 7.39. The summed E-state index contributed by atoms with van der Waals surface area (Å²) in [6.45, 7) is 2.02. The van der Waals surface area contributed by atoms with Gasteiger partial charge < -0.3 is 5.11 Å². The number of para-hydroxylation sites is 1. The Kier molecular flexibility index (Phi) is 8.60. The molecule has 0 bridgehead atoms. The largest absolute Gasteiger partial charge is 0.508 e. The van der Waals surface area contributed by atoms with Gasteiger partial charge in [-0.2, -0.15) is 0 Å². The molecular weight excluding hydrogens is 239 g/mol. The third kappa shape index (κ3) is 3.93. The first-order valence-corrected chi connectivity index (χ1v) is 3.11. The van der Waals surface area contributed by atoms with Crippen LogP contribution < -0.4 is 0 Å². The molecular formula is C8H11ClOZr. The van der Waals surface area contributed by atoms with E-state index in [0.29, 0.717) is 5.75 Å². The fraction of sp³-hybridized carbons (Fsp3) is 0.250. The van der Waals surface area contributed by atoms with Crippen LogP contribution in [0.25, 0.3) is 0 Å². The maximum atomic E-state index is 9.11. The number of hydrogen-bond acceptors (Lipinski definition) is 1. The van der Waals surface area contributed by atoms with Gasteiger partial charge in [-0.1, -0.05) is 25.1 Å². The van der Waals surface area contributed by atoms with E-state index < -0.39 is 0 Å². The van der Waals surface area contributed by atoms with Crippen LogP contribution in [0.2, 0.25) is 0 Å². The molecule has 0 atom stereocenters. The molecule has 1 N–H and O–H groups in total. The van der Waals surface area contributed by atoms with Crippen LogP contribution in [-0.2, 0) is 32.6 Å². The predicted molar refractivity (Wildman–Crippen MR) is 44.7 cm³/mol. The molecule has 1 rings (SSSR count). The van der Waals surface area contributed by atoms with Crippen LogP contribution in [0.15, 0.2) is 24.3 Å². The molecule has 0 heterocycles. The third-order valence-electron chi connectivity index (χ3n) is 1.37. The summed E-state index contributed by atoms with van der Waals surface area (Å²) < 4.78 is 0. The second-order valence-electron chi connectivity index (χ2n) is 1.98. The molecule has 0 saturated heterocycles. The van der Waals surface area contributed by atoms with Gasteiger partial charge in [-0.15, -0.1) is 12.4 Å². The minimum atomic E-state index is 0. The van der Waals surface area contributed by atoms with Gasteiger partial charge in [-0.3, -0.25) is 0 Å². The van der Waals surface area contributed by atoms with Crippen LogP contribution in [0.4, 0.5) is 0 Å². The Labute approximate surface area is 92.4 Å². The maximum Gasteiger partial charge on any atom is 0.118 e.